The molecular formula is C35H41ClN4O6. The maximum Gasteiger partial charge on any atom is 0.289 e. The van der Waals surface area contributed by atoms with E-state index in [-0.39, 0.29) is 31.7 Å². The third kappa shape index (κ3) is 11.8. The van der Waals surface area contributed by atoms with Gasteiger partial charge in [0.15, 0.2) is 0 Å². The predicted molar refractivity (Wildman–Crippen MR) is 176 cm³/mol. The summed E-state index contributed by atoms with van der Waals surface area (Å²) in [6, 6.07) is 21.7. The van der Waals surface area contributed by atoms with Gasteiger partial charge in [-0.25, -0.2) is 0 Å². The topological polar surface area (TPSA) is 154 Å². The molecule has 0 aromatic heterocycles. The molecule has 0 saturated heterocycles. The minimum absolute atomic E-state index is 0.0556. The Hall–Kier alpha value is -4.54. The van der Waals surface area contributed by atoms with Crippen molar-refractivity contribution in [1.82, 2.24) is 21.3 Å². The number of benzene rings is 3. The second kappa shape index (κ2) is 18.4. The van der Waals surface area contributed by atoms with Crippen LogP contribution in [0.3, 0.4) is 0 Å². The smallest absolute Gasteiger partial charge is 0.289 e. The lowest BCUT2D eigenvalue weighted by Gasteiger charge is -2.26. The van der Waals surface area contributed by atoms with Crippen LogP contribution >= 0.6 is 11.6 Å². The van der Waals surface area contributed by atoms with E-state index >= 15 is 0 Å². The van der Waals surface area contributed by atoms with Crippen LogP contribution in [0.25, 0.3) is 0 Å². The van der Waals surface area contributed by atoms with Crippen molar-refractivity contribution in [1.29, 1.82) is 0 Å². The number of aliphatic hydroxyl groups excluding tert-OH is 1. The van der Waals surface area contributed by atoms with Crippen molar-refractivity contribution in [2.45, 2.75) is 70.2 Å². The number of hydrogen-bond acceptors (Lipinski definition) is 6. The molecule has 0 aliphatic rings. The summed E-state index contributed by atoms with van der Waals surface area (Å²) in [5.74, 6) is -3.66. The molecule has 0 aliphatic carbocycles. The number of rotatable bonds is 17. The highest BCUT2D eigenvalue weighted by atomic mass is 35.5. The van der Waals surface area contributed by atoms with Crippen molar-refractivity contribution in [2.75, 3.05) is 6.54 Å². The zero-order chi connectivity index (χ0) is 33.5. The summed E-state index contributed by atoms with van der Waals surface area (Å²) in [6.45, 7) is 3.18. The Labute approximate surface area is 274 Å². The van der Waals surface area contributed by atoms with Gasteiger partial charge < -0.3 is 26.4 Å². The number of carbonyl (C=O) groups is 5. The molecule has 11 heteroatoms. The van der Waals surface area contributed by atoms with Gasteiger partial charge in [0.2, 0.25) is 23.5 Å². The molecule has 4 atom stereocenters. The van der Waals surface area contributed by atoms with Gasteiger partial charge in [0.05, 0.1) is 6.10 Å². The molecule has 0 heterocycles. The lowest BCUT2D eigenvalue weighted by atomic mass is 10.00. The van der Waals surface area contributed by atoms with Gasteiger partial charge in [-0.3, -0.25) is 24.0 Å². The van der Waals surface area contributed by atoms with Gasteiger partial charge in [0.1, 0.15) is 18.1 Å². The minimum Gasteiger partial charge on any atom is -0.391 e. The Kier molecular flexibility index (Phi) is 14.4. The summed E-state index contributed by atoms with van der Waals surface area (Å²) < 4.78 is 0. The summed E-state index contributed by atoms with van der Waals surface area (Å²) in [5, 5.41) is 21.3. The molecular weight excluding hydrogens is 608 g/mol. The van der Waals surface area contributed by atoms with E-state index in [9.17, 15) is 29.1 Å². The Morgan fingerprint density at radius 3 is 1.93 bits per heavy atom. The van der Waals surface area contributed by atoms with Crippen molar-refractivity contribution in [3.63, 3.8) is 0 Å². The third-order valence-electron chi connectivity index (χ3n) is 7.29. The van der Waals surface area contributed by atoms with E-state index in [4.69, 9.17) is 11.6 Å². The monoisotopic (exact) mass is 648 g/mol. The highest BCUT2D eigenvalue weighted by Gasteiger charge is 2.34. The third-order valence-corrected chi connectivity index (χ3v) is 7.52. The largest absolute Gasteiger partial charge is 0.391 e. The Bertz CT molecular complexity index is 1470. The second-order valence-electron chi connectivity index (χ2n) is 11.0. The molecule has 4 amide bonds. The number of ketones is 1. The van der Waals surface area contributed by atoms with Gasteiger partial charge in [-0.1, -0.05) is 84.4 Å². The summed E-state index contributed by atoms with van der Waals surface area (Å²) in [4.78, 5) is 65.4. The standard InChI is InChI=1S/C35H41ClN4O6/c1-3-37-35(46)32(43)29(22-26-15-10-16-27(36)21-26)39-34(45)31(23(2)41)40-33(44)28(19-17-24-11-6-4-7-12-24)38-30(42)20-18-25-13-8-5-9-14-25/h4-16,21,23,28-29,31,41H,3,17-20,22H2,1-2H3,(H,37,46)(H,38,42)(H,39,45)(H,40,44)/t23-,28+,29?,31+/m1/s1. The van der Waals surface area contributed by atoms with Crippen molar-refractivity contribution < 1.29 is 29.1 Å². The van der Waals surface area contributed by atoms with E-state index in [1.54, 1.807) is 31.2 Å². The van der Waals surface area contributed by atoms with Gasteiger partial charge >= 0.3 is 0 Å². The molecule has 0 spiro atoms. The molecule has 0 radical (unpaired) electrons. The Morgan fingerprint density at radius 1 is 0.739 bits per heavy atom. The van der Waals surface area contributed by atoms with E-state index in [2.05, 4.69) is 21.3 Å². The minimum atomic E-state index is -1.49. The van der Waals surface area contributed by atoms with Gasteiger partial charge in [-0.15, -0.1) is 0 Å². The second-order valence-corrected chi connectivity index (χ2v) is 11.4. The highest BCUT2D eigenvalue weighted by Crippen LogP contribution is 2.14. The molecule has 46 heavy (non-hydrogen) atoms. The average molecular weight is 649 g/mol. The zero-order valence-electron chi connectivity index (χ0n) is 26.0. The lowest BCUT2D eigenvalue weighted by molar-refractivity contribution is -0.141. The van der Waals surface area contributed by atoms with Crippen LogP contribution in [0.15, 0.2) is 84.9 Å². The Morgan fingerprint density at radius 2 is 1.35 bits per heavy atom. The molecule has 3 aromatic rings. The van der Waals surface area contributed by atoms with Crippen molar-refractivity contribution in [3.8, 4) is 0 Å². The van der Waals surface area contributed by atoms with Crippen LogP contribution in [0.2, 0.25) is 5.02 Å². The van der Waals surface area contributed by atoms with E-state index in [1.165, 1.54) is 6.92 Å². The normalized spacial score (nSPS) is 13.4. The molecule has 3 aromatic carbocycles. The number of halogens is 1. The van der Waals surface area contributed by atoms with Crippen LogP contribution in [0.1, 0.15) is 43.4 Å². The maximum atomic E-state index is 13.6. The molecule has 0 fully saturated rings. The van der Waals surface area contributed by atoms with Crippen LogP contribution < -0.4 is 21.3 Å². The molecule has 244 valence electrons. The number of hydrogen-bond donors (Lipinski definition) is 5. The summed E-state index contributed by atoms with van der Waals surface area (Å²) in [6.07, 6.45) is -0.113. The number of nitrogens with one attached hydrogen (secondary N) is 4. The molecule has 1 unspecified atom stereocenters. The van der Waals surface area contributed by atoms with Crippen LogP contribution in [0.5, 0.6) is 0 Å². The SMILES string of the molecule is CCNC(=O)C(=O)C(Cc1cccc(Cl)c1)NC(=O)[C@@H](NC(=O)[C@H](CCc1ccccc1)NC(=O)CCc1ccccc1)[C@@H](C)O. The first-order valence-corrected chi connectivity index (χ1v) is 15.7. The fourth-order valence-electron chi connectivity index (χ4n) is 4.83. The van der Waals surface area contributed by atoms with Crippen LogP contribution in [0, 0.1) is 0 Å². The quantitative estimate of drug-likeness (QED) is 0.142. The van der Waals surface area contributed by atoms with Crippen molar-refractivity contribution >= 4 is 41.0 Å². The predicted octanol–water partition coefficient (Wildman–Crippen LogP) is 2.69. The zero-order valence-corrected chi connectivity index (χ0v) is 26.8. The first-order valence-electron chi connectivity index (χ1n) is 15.3. The fraction of sp³-hybridized carbons (Fsp3) is 0.343. The average Bonchev–Trinajstić information content (AvgIpc) is 3.04. The van der Waals surface area contributed by atoms with Crippen LogP contribution in [-0.4, -0.2) is 65.3 Å². The van der Waals surface area contributed by atoms with E-state index < -0.39 is 47.7 Å². The first-order chi connectivity index (χ1) is 22.1. The van der Waals surface area contributed by atoms with Gasteiger partial charge in [0.25, 0.3) is 5.91 Å². The molecule has 10 nitrogen and oxygen atoms in total. The lowest BCUT2D eigenvalue weighted by Crippen LogP contribution is -2.60. The first kappa shape index (κ1) is 35.9. The number of aliphatic hydroxyl groups is 1. The fourth-order valence-corrected chi connectivity index (χ4v) is 5.04. The highest BCUT2D eigenvalue weighted by molar-refractivity contribution is 6.38. The molecule has 0 saturated carbocycles. The summed E-state index contributed by atoms with van der Waals surface area (Å²) >= 11 is 6.09. The number of carbonyl (C=O) groups excluding carboxylic acids is 5. The number of Topliss-reactive ketones (excluding diaryl/α,β-unsaturated/α-hetero) is 1. The van der Waals surface area contributed by atoms with Gasteiger partial charge in [0, 0.05) is 24.4 Å². The maximum absolute atomic E-state index is 13.6. The van der Waals surface area contributed by atoms with Crippen LogP contribution in [0.4, 0.5) is 0 Å². The number of aryl methyl sites for hydroxylation is 2. The Balaban J connectivity index is 1.76. The molecule has 5 N–H and O–H groups in total. The van der Waals surface area contributed by atoms with Gasteiger partial charge in [-0.05, 0) is 61.9 Å². The van der Waals surface area contributed by atoms with Gasteiger partial charge in [-0.2, -0.15) is 0 Å². The van der Waals surface area contributed by atoms with E-state index in [1.807, 2.05) is 60.7 Å². The number of amides is 4. The van der Waals surface area contributed by atoms with E-state index in [0.29, 0.717) is 23.4 Å². The summed E-state index contributed by atoms with van der Waals surface area (Å²) in [7, 11) is 0. The van der Waals surface area contributed by atoms with Crippen molar-refractivity contribution in [2.24, 2.45) is 0 Å². The molecule has 0 aliphatic heterocycles. The van der Waals surface area contributed by atoms with Crippen LogP contribution in [-0.2, 0) is 43.2 Å². The number of likely N-dealkylation sites (N-methyl/N-ethyl adjacent to an activating group) is 1. The van der Waals surface area contributed by atoms with Crippen molar-refractivity contribution in [3.05, 3.63) is 107 Å². The molecule has 0 bridgehead atoms. The van der Waals surface area contributed by atoms with E-state index in [0.717, 1.165) is 11.1 Å². The molecule has 3 rings (SSSR count). The summed E-state index contributed by atoms with van der Waals surface area (Å²) in [5.41, 5.74) is 2.52.